The second-order valence-electron chi connectivity index (χ2n) is 8.72. The fourth-order valence-corrected chi connectivity index (χ4v) is 4.17. The number of pyridine rings is 2. The molecule has 4 rings (SSSR count). The zero-order valence-corrected chi connectivity index (χ0v) is 20.2. The van der Waals surface area contributed by atoms with Gasteiger partial charge in [-0.2, -0.15) is 13.2 Å². The van der Waals surface area contributed by atoms with Crippen molar-refractivity contribution in [3.63, 3.8) is 0 Å². The Labute approximate surface area is 215 Å². The number of halogens is 4. The number of amides is 1. The largest absolute Gasteiger partial charge is 0.418 e. The standard InChI is InChI=1S/C25H23ClF3N5O3/c26-16-1-4-21(20(8-16)25(27,28)29)34-19-3-2-18(32-13-19)12-33-23(36)24(5-6-37-14-24)9-22(35)15-7-17(30)11-31-10-15/h1-4,7-8,10-11,13,34H,5-6,9,12,14,30H2,(H,33,36)/t24-/m0/s1. The number of benzene rings is 1. The van der Waals surface area contributed by atoms with Crippen molar-refractivity contribution in [3.05, 3.63) is 76.8 Å². The van der Waals surface area contributed by atoms with Gasteiger partial charge in [-0.05, 0) is 42.8 Å². The number of aromatic nitrogens is 2. The second kappa shape index (κ2) is 10.7. The molecule has 0 aliphatic carbocycles. The van der Waals surface area contributed by atoms with E-state index < -0.39 is 17.2 Å². The van der Waals surface area contributed by atoms with E-state index in [0.717, 1.165) is 6.07 Å². The van der Waals surface area contributed by atoms with Crippen LogP contribution < -0.4 is 16.4 Å². The van der Waals surface area contributed by atoms with Crippen molar-refractivity contribution in [1.29, 1.82) is 0 Å². The van der Waals surface area contributed by atoms with Gasteiger partial charge in [0.05, 0.1) is 53.1 Å². The Bertz CT molecular complexity index is 1300. The van der Waals surface area contributed by atoms with E-state index in [9.17, 15) is 22.8 Å². The van der Waals surface area contributed by atoms with Crippen LogP contribution in [-0.2, 0) is 22.3 Å². The molecule has 1 aliphatic rings. The third-order valence-corrected chi connectivity index (χ3v) is 6.22. The highest BCUT2D eigenvalue weighted by Gasteiger charge is 2.44. The molecule has 12 heteroatoms. The van der Waals surface area contributed by atoms with Crippen molar-refractivity contribution in [2.45, 2.75) is 25.6 Å². The van der Waals surface area contributed by atoms with Crippen molar-refractivity contribution >= 4 is 40.4 Å². The lowest BCUT2D eigenvalue weighted by Gasteiger charge is -2.25. The molecule has 1 aliphatic heterocycles. The maximum Gasteiger partial charge on any atom is 0.418 e. The number of rotatable bonds is 8. The second-order valence-corrected chi connectivity index (χ2v) is 9.16. The Morgan fingerprint density at radius 3 is 2.59 bits per heavy atom. The zero-order chi connectivity index (χ0) is 26.6. The Morgan fingerprint density at radius 1 is 1.14 bits per heavy atom. The average Bonchev–Trinajstić information content (AvgIpc) is 3.33. The average molecular weight is 534 g/mol. The highest BCUT2D eigenvalue weighted by atomic mass is 35.5. The molecule has 0 saturated carbocycles. The summed E-state index contributed by atoms with van der Waals surface area (Å²) >= 11 is 5.72. The van der Waals surface area contributed by atoms with Crippen LogP contribution in [0.5, 0.6) is 0 Å². The van der Waals surface area contributed by atoms with E-state index in [2.05, 4.69) is 20.6 Å². The van der Waals surface area contributed by atoms with Gasteiger partial charge >= 0.3 is 6.18 Å². The van der Waals surface area contributed by atoms with Crippen LogP contribution in [0.1, 0.15) is 34.5 Å². The van der Waals surface area contributed by atoms with E-state index in [0.29, 0.717) is 35.7 Å². The topological polar surface area (TPSA) is 119 Å². The number of nitrogens with one attached hydrogen (secondary N) is 2. The fourth-order valence-electron chi connectivity index (χ4n) is 4.00. The molecule has 3 heterocycles. The van der Waals surface area contributed by atoms with Gasteiger partial charge in [-0.15, -0.1) is 0 Å². The predicted octanol–water partition coefficient (Wildman–Crippen LogP) is 4.77. The predicted molar refractivity (Wildman–Crippen MR) is 131 cm³/mol. The highest BCUT2D eigenvalue weighted by molar-refractivity contribution is 6.30. The van der Waals surface area contributed by atoms with Crippen LogP contribution >= 0.6 is 11.6 Å². The van der Waals surface area contributed by atoms with E-state index in [-0.39, 0.29) is 42.0 Å². The normalized spacial score (nSPS) is 17.4. The van der Waals surface area contributed by atoms with Gasteiger partial charge in [0.2, 0.25) is 5.91 Å². The molecule has 0 radical (unpaired) electrons. The summed E-state index contributed by atoms with van der Waals surface area (Å²) < 4.78 is 45.4. The molecule has 3 aromatic rings. The molecule has 2 aromatic heterocycles. The monoisotopic (exact) mass is 533 g/mol. The van der Waals surface area contributed by atoms with Crippen molar-refractivity contribution in [2.75, 3.05) is 24.3 Å². The van der Waals surface area contributed by atoms with Gasteiger partial charge in [0.1, 0.15) is 0 Å². The smallest absolute Gasteiger partial charge is 0.397 e. The minimum absolute atomic E-state index is 0.0289. The number of nitrogens with two attached hydrogens (primary N) is 1. The van der Waals surface area contributed by atoms with Crippen LogP contribution in [0.15, 0.2) is 55.0 Å². The minimum Gasteiger partial charge on any atom is -0.397 e. The Balaban J connectivity index is 1.40. The number of Topliss-reactive ketones (excluding diaryl/α,β-unsaturated/α-hetero) is 1. The summed E-state index contributed by atoms with van der Waals surface area (Å²) in [6, 6.07) is 8.08. The number of carbonyl (C=O) groups excluding carboxylic acids is 2. The van der Waals surface area contributed by atoms with Gasteiger partial charge in [0, 0.05) is 36.0 Å². The molecule has 1 saturated heterocycles. The molecular formula is C25H23ClF3N5O3. The molecule has 1 fully saturated rings. The Kier molecular flexibility index (Phi) is 7.65. The van der Waals surface area contributed by atoms with Gasteiger partial charge in [-0.1, -0.05) is 11.6 Å². The maximum atomic E-state index is 13.3. The SMILES string of the molecule is Nc1cncc(C(=O)C[C@@]2(C(=O)NCc3ccc(Nc4ccc(Cl)cc4C(F)(F)F)cn3)CCOC2)c1. The van der Waals surface area contributed by atoms with Crippen molar-refractivity contribution in [3.8, 4) is 0 Å². The maximum absolute atomic E-state index is 13.3. The molecule has 194 valence electrons. The van der Waals surface area contributed by atoms with E-state index in [4.69, 9.17) is 22.1 Å². The first-order valence-electron chi connectivity index (χ1n) is 11.2. The molecule has 1 atom stereocenters. The molecule has 1 amide bonds. The van der Waals surface area contributed by atoms with Crippen LogP contribution in [0.4, 0.5) is 30.2 Å². The molecule has 0 unspecified atom stereocenters. The molecule has 4 N–H and O–H groups in total. The number of hydrogen-bond acceptors (Lipinski definition) is 7. The third kappa shape index (κ3) is 6.36. The van der Waals surface area contributed by atoms with Crippen LogP contribution in [0.3, 0.4) is 0 Å². The number of nitrogens with zero attached hydrogens (tertiary/aromatic N) is 2. The number of hydrogen-bond donors (Lipinski definition) is 3. The molecule has 0 spiro atoms. The summed E-state index contributed by atoms with van der Waals surface area (Å²) in [6.07, 6.45) is -0.0866. The van der Waals surface area contributed by atoms with Gasteiger partial charge in [0.25, 0.3) is 0 Å². The van der Waals surface area contributed by atoms with E-state index in [1.54, 1.807) is 12.1 Å². The molecule has 37 heavy (non-hydrogen) atoms. The Morgan fingerprint density at radius 2 is 1.95 bits per heavy atom. The molecule has 0 bridgehead atoms. The number of alkyl halides is 3. The first-order chi connectivity index (χ1) is 17.6. The van der Waals surface area contributed by atoms with Gasteiger partial charge in [0.15, 0.2) is 5.78 Å². The fraction of sp³-hybridized carbons (Fsp3) is 0.280. The number of anilines is 3. The summed E-state index contributed by atoms with van der Waals surface area (Å²) in [5, 5.41) is 5.46. The van der Waals surface area contributed by atoms with Crippen LogP contribution in [-0.4, -0.2) is 34.9 Å². The van der Waals surface area contributed by atoms with E-state index >= 15 is 0 Å². The summed E-state index contributed by atoms with van der Waals surface area (Å²) in [5.41, 5.74) is 5.08. The summed E-state index contributed by atoms with van der Waals surface area (Å²) in [4.78, 5) is 34.0. The lowest BCUT2D eigenvalue weighted by molar-refractivity contribution is -0.137. The minimum atomic E-state index is -4.59. The third-order valence-electron chi connectivity index (χ3n) is 5.99. The van der Waals surface area contributed by atoms with Gasteiger partial charge < -0.3 is 21.1 Å². The summed E-state index contributed by atoms with van der Waals surface area (Å²) in [7, 11) is 0. The number of carbonyl (C=O) groups is 2. The van der Waals surface area contributed by atoms with Crippen molar-refractivity contribution in [1.82, 2.24) is 15.3 Å². The van der Waals surface area contributed by atoms with Crippen molar-refractivity contribution in [2.24, 2.45) is 5.41 Å². The number of ketones is 1. The van der Waals surface area contributed by atoms with Crippen LogP contribution in [0, 0.1) is 5.41 Å². The lowest BCUT2D eigenvalue weighted by Crippen LogP contribution is -2.42. The lowest BCUT2D eigenvalue weighted by atomic mass is 9.80. The first kappa shape index (κ1) is 26.4. The molecule has 8 nitrogen and oxygen atoms in total. The summed E-state index contributed by atoms with van der Waals surface area (Å²) in [6.45, 7) is 0.502. The molecule has 1 aromatic carbocycles. The molecular weight excluding hydrogens is 511 g/mol. The van der Waals surface area contributed by atoms with Gasteiger partial charge in [-0.3, -0.25) is 19.6 Å². The first-order valence-corrected chi connectivity index (χ1v) is 11.6. The number of nitrogen functional groups attached to an aromatic ring is 1. The van der Waals surface area contributed by atoms with Gasteiger partial charge in [-0.25, -0.2) is 0 Å². The summed E-state index contributed by atoms with van der Waals surface area (Å²) in [5.74, 6) is -0.621. The van der Waals surface area contributed by atoms with Crippen LogP contribution in [0.25, 0.3) is 0 Å². The van der Waals surface area contributed by atoms with Crippen molar-refractivity contribution < 1.29 is 27.5 Å². The van der Waals surface area contributed by atoms with Crippen LogP contribution in [0.2, 0.25) is 5.02 Å². The number of ether oxygens (including phenoxy) is 1. The van der Waals surface area contributed by atoms with E-state index in [1.807, 2.05) is 0 Å². The zero-order valence-electron chi connectivity index (χ0n) is 19.4. The van der Waals surface area contributed by atoms with E-state index in [1.165, 1.54) is 36.8 Å². The highest BCUT2D eigenvalue weighted by Crippen LogP contribution is 2.38. The quantitative estimate of drug-likeness (QED) is 0.357. The Hall–Kier alpha value is -3.70.